The lowest BCUT2D eigenvalue weighted by molar-refractivity contribution is -0.164. The fourth-order valence-corrected chi connectivity index (χ4v) is 3.38. The number of ether oxygens (including phenoxy) is 3. The van der Waals surface area contributed by atoms with E-state index < -0.39 is 36.4 Å². The van der Waals surface area contributed by atoms with E-state index in [1.807, 2.05) is 0 Å². The van der Waals surface area contributed by atoms with Crippen LogP contribution in [-0.4, -0.2) is 57.8 Å². The van der Waals surface area contributed by atoms with Gasteiger partial charge in [0.05, 0.1) is 12.2 Å². The number of esters is 2. The highest BCUT2D eigenvalue weighted by Crippen LogP contribution is 2.29. The molecule has 0 bridgehead atoms. The molecule has 0 saturated carbocycles. The molecule has 0 spiro atoms. The number of carbonyl (C=O) groups excluding carboxylic acids is 2. The zero-order valence-electron chi connectivity index (χ0n) is 15.9. The van der Waals surface area contributed by atoms with Crippen molar-refractivity contribution in [2.75, 3.05) is 0 Å². The molecule has 3 rings (SSSR count). The van der Waals surface area contributed by atoms with Gasteiger partial charge in [0.25, 0.3) is 0 Å². The maximum Gasteiger partial charge on any atom is 0.331 e. The van der Waals surface area contributed by atoms with Crippen molar-refractivity contribution in [3.05, 3.63) is 42.0 Å². The van der Waals surface area contributed by atoms with Gasteiger partial charge < -0.3 is 29.5 Å². The Balaban J connectivity index is 1.49. The lowest BCUT2D eigenvalue weighted by atomic mass is 10.0. The van der Waals surface area contributed by atoms with E-state index in [1.54, 1.807) is 19.1 Å². The van der Waals surface area contributed by atoms with Crippen LogP contribution < -0.4 is 0 Å². The Kier molecular flexibility index (Phi) is 6.56. The molecule has 1 aromatic carbocycles. The second-order valence-corrected chi connectivity index (χ2v) is 7.12. The van der Waals surface area contributed by atoms with Gasteiger partial charge in [-0.25, -0.2) is 9.59 Å². The van der Waals surface area contributed by atoms with Crippen molar-refractivity contribution in [3.8, 4) is 11.5 Å². The SMILES string of the molecule is CC(OC(=O)/C=C/c1ccc(O)c(O)c1)[C@H]1CC[C@@H](C(O)C2CC=CC(=O)O2)O1. The molecule has 5 atom stereocenters. The van der Waals surface area contributed by atoms with E-state index in [4.69, 9.17) is 14.2 Å². The van der Waals surface area contributed by atoms with Crippen molar-refractivity contribution in [2.24, 2.45) is 0 Å². The molecule has 0 radical (unpaired) electrons. The number of aromatic hydroxyl groups is 2. The van der Waals surface area contributed by atoms with E-state index >= 15 is 0 Å². The summed E-state index contributed by atoms with van der Waals surface area (Å²) in [7, 11) is 0. The molecule has 3 N–H and O–H groups in total. The van der Waals surface area contributed by atoms with Crippen molar-refractivity contribution < 1.29 is 39.1 Å². The van der Waals surface area contributed by atoms with Gasteiger partial charge in [-0.1, -0.05) is 12.1 Å². The lowest BCUT2D eigenvalue weighted by Crippen LogP contribution is -2.41. The number of hydrogen-bond donors (Lipinski definition) is 3. The van der Waals surface area contributed by atoms with E-state index in [0.717, 1.165) is 0 Å². The molecule has 3 unspecified atom stereocenters. The number of carbonyl (C=O) groups is 2. The van der Waals surface area contributed by atoms with Gasteiger partial charge in [-0.15, -0.1) is 0 Å². The van der Waals surface area contributed by atoms with Crippen molar-refractivity contribution in [2.45, 2.75) is 56.7 Å². The maximum atomic E-state index is 12.0. The van der Waals surface area contributed by atoms with Crippen LogP contribution in [0.15, 0.2) is 36.4 Å². The van der Waals surface area contributed by atoms with Gasteiger partial charge in [0.1, 0.15) is 18.3 Å². The predicted molar refractivity (Wildman–Crippen MR) is 102 cm³/mol. The van der Waals surface area contributed by atoms with Gasteiger partial charge in [0.2, 0.25) is 0 Å². The molecule has 2 aliphatic rings. The number of cyclic esters (lactones) is 1. The van der Waals surface area contributed by atoms with Crippen LogP contribution in [0, 0.1) is 0 Å². The molecular formula is C21H24O8. The van der Waals surface area contributed by atoms with Gasteiger partial charge in [0, 0.05) is 18.6 Å². The average molecular weight is 404 g/mol. The molecular weight excluding hydrogens is 380 g/mol. The van der Waals surface area contributed by atoms with Gasteiger partial charge in [-0.05, 0) is 43.5 Å². The molecule has 0 aliphatic carbocycles. The minimum Gasteiger partial charge on any atom is -0.504 e. The number of phenols is 2. The average Bonchev–Trinajstić information content (AvgIpc) is 3.18. The minimum atomic E-state index is -0.945. The second kappa shape index (κ2) is 9.11. The van der Waals surface area contributed by atoms with Crippen LogP contribution in [0.5, 0.6) is 11.5 Å². The Morgan fingerprint density at radius 2 is 1.97 bits per heavy atom. The number of benzene rings is 1. The summed E-state index contributed by atoms with van der Waals surface area (Å²) in [5.74, 6) is -1.58. The largest absolute Gasteiger partial charge is 0.504 e. The Bertz CT molecular complexity index is 815. The van der Waals surface area contributed by atoms with Crippen LogP contribution in [0.4, 0.5) is 0 Å². The van der Waals surface area contributed by atoms with E-state index in [9.17, 15) is 24.9 Å². The fourth-order valence-electron chi connectivity index (χ4n) is 3.38. The zero-order valence-corrected chi connectivity index (χ0v) is 15.9. The van der Waals surface area contributed by atoms with E-state index in [1.165, 1.54) is 30.4 Å². The third kappa shape index (κ3) is 5.36. The summed E-state index contributed by atoms with van der Waals surface area (Å²) in [6, 6.07) is 4.18. The summed E-state index contributed by atoms with van der Waals surface area (Å²) in [5.41, 5.74) is 0.529. The molecule has 29 heavy (non-hydrogen) atoms. The normalized spacial score (nSPS) is 26.3. The Hall–Kier alpha value is -2.84. The lowest BCUT2D eigenvalue weighted by Gasteiger charge is -2.28. The van der Waals surface area contributed by atoms with E-state index in [-0.39, 0.29) is 17.6 Å². The van der Waals surface area contributed by atoms with Crippen molar-refractivity contribution in [1.29, 1.82) is 0 Å². The molecule has 2 aliphatic heterocycles. The van der Waals surface area contributed by atoms with Crippen LogP contribution in [0.1, 0.15) is 31.7 Å². The standard InChI is InChI=1S/C21H24O8/c1-12(27-20(25)10-6-13-5-7-14(22)15(23)11-13)16-8-9-18(28-16)21(26)17-3-2-4-19(24)29-17/h2,4-7,10-12,16-18,21-23,26H,3,8-9H2,1H3/b10-6+/t12?,16-,17?,18+,21?/m1/s1. The molecule has 2 heterocycles. The highest BCUT2D eigenvalue weighted by Gasteiger charge is 2.39. The summed E-state index contributed by atoms with van der Waals surface area (Å²) >= 11 is 0. The first-order chi connectivity index (χ1) is 13.8. The fraction of sp³-hybridized carbons (Fsp3) is 0.429. The van der Waals surface area contributed by atoms with Crippen LogP contribution in [0.25, 0.3) is 6.08 Å². The van der Waals surface area contributed by atoms with Crippen LogP contribution in [0.2, 0.25) is 0 Å². The summed E-state index contributed by atoms with van der Waals surface area (Å²) in [5, 5.41) is 29.2. The predicted octanol–water partition coefficient (Wildman–Crippen LogP) is 1.82. The van der Waals surface area contributed by atoms with E-state index in [2.05, 4.69) is 0 Å². The molecule has 1 saturated heterocycles. The van der Waals surface area contributed by atoms with Gasteiger partial charge in [0.15, 0.2) is 11.5 Å². The first kappa shape index (κ1) is 20.9. The quantitative estimate of drug-likeness (QED) is 0.373. The highest BCUT2D eigenvalue weighted by atomic mass is 16.6. The monoisotopic (exact) mass is 404 g/mol. The molecule has 156 valence electrons. The summed E-state index contributed by atoms with van der Waals surface area (Å²) in [6.45, 7) is 1.71. The van der Waals surface area contributed by atoms with Crippen molar-refractivity contribution >= 4 is 18.0 Å². The molecule has 8 heteroatoms. The Labute approximate surface area is 168 Å². The molecule has 8 nitrogen and oxygen atoms in total. The van der Waals surface area contributed by atoms with Crippen molar-refractivity contribution in [3.63, 3.8) is 0 Å². The third-order valence-electron chi connectivity index (χ3n) is 4.97. The first-order valence-electron chi connectivity index (χ1n) is 9.45. The molecule has 1 aromatic rings. The summed E-state index contributed by atoms with van der Waals surface area (Å²) < 4.78 is 16.3. The van der Waals surface area contributed by atoms with Crippen LogP contribution in [-0.2, 0) is 23.8 Å². The number of hydrogen-bond acceptors (Lipinski definition) is 8. The van der Waals surface area contributed by atoms with Crippen LogP contribution >= 0.6 is 0 Å². The number of phenolic OH excluding ortho intramolecular Hbond substituents is 2. The summed E-state index contributed by atoms with van der Waals surface area (Å²) in [4.78, 5) is 23.4. The van der Waals surface area contributed by atoms with Gasteiger partial charge in [-0.2, -0.15) is 0 Å². The van der Waals surface area contributed by atoms with Gasteiger partial charge >= 0.3 is 11.9 Å². The van der Waals surface area contributed by atoms with Crippen LogP contribution in [0.3, 0.4) is 0 Å². The smallest absolute Gasteiger partial charge is 0.331 e. The van der Waals surface area contributed by atoms with E-state index in [0.29, 0.717) is 24.8 Å². The molecule has 1 fully saturated rings. The zero-order chi connectivity index (χ0) is 21.0. The Morgan fingerprint density at radius 1 is 1.21 bits per heavy atom. The second-order valence-electron chi connectivity index (χ2n) is 7.12. The number of aliphatic hydroxyl groups excluding tert-OH is 1. The number of rotatable bonds is 6. The third-order valence-corrected chi connectivity index (χ3v) is 4.97. The highest BCUT2D eigenvalue weighted by molar-refractivity contribution is 5.87. The first-order valence-corrected chi connectivity index (χ1v) is 9.45. The summed E-state index contributed by atoms with van der Waals surface area (Å²) in [6.07, 6.45) is 4.27. The molecule has 0 amide bonds. The number of aliphatic hydroxyl groups is 1. The van der Waals surface area contributed by atoms with Crippen molar-refractivity contribution in [1.82, 2.24) is 0 Å². The minimum absolute atomic E-state index is 0.243. The Morgan fingerprint density at radius 3 is 2.69 bits per heavy atom. The topological polar surface area (TPSA) is 123 Å². The van der Waals surface area contributed by atoms with Gasteiger partial charge in [-0.3, -0.25) is 0 Å². The molecule has 0 aromatic heterocycles. The maximum absolute atomic E-state index is 12.0.